The molecule has 1 aliphatic rings. The van der Waals surface area contributed by atoms with Gasteiger partial charge in [0.25, 0.3) is 18.0 Å². The lowest BCUT2D eigenvalue weighted by Crippen LogP contribution is -2.45. The fourth-order valence-electron chi connectivity index (χ4n) is 3.03. The number of nitrogens with zero attached hydrogens (tertiary/aromatic N) is 2. The number of hydrogen-bond acceptors (Lipinski definition) is 6. The first kappa shape index (κ1) is 20.8. The average Bonchev–Trinajstić information content (AvgIpc) is 2.62. The number of rotatable bonds is 8. The molecule has 150 valence electrons. The van der Waals surface area contributed by atoms with E-state index in [9.17, 15) is 23.7 Å². The standard InChI is InChI=1S/C17H23F2N3O5/c1-3-27-15-8-12(13(22(24)25)9-14(15)26-2)17(23)20-11-4-6-21(7-5-11)10-16(18)19/h8-9,11,16H,3-7,10H2,1-2H3,(H,20,23). The van der Waals surface area contributed by atoms with Gasteiger partial charge in [0.05, 0.1) is 31.3 Å². The van der Waals surface area contributed by atoms with Crippen LogP contribution in [0.15, 0.2) is 12.1 Å². The summed E-state index contributed by atoms with van der Waals surface area (Å²) in [5, 5.41) is 14.1. The van der Waals surface area contributed by atoms with Crippen molar-refractivity contribution in [1.82, 2.24) is 10.2 Å². The van der Waals surface area contributed by atoms with Crippen LogP contribution in [0.25, 0.3) is 0 Å². The molecule has 0 radical (unpaired) electrons. The largest absolute Gasteiger partial charge is 0.493 e. The second kappa shape index (κ2) is 9.45. The first-order valence-electron chi connectivity index (χ1n) is 8.66. The van der Waals surface area contributed by atoms with E-state index in [-0.39, 0.29) is 35.3 Å². The minimum Gasteiger partial charge on any atom is -0.493 e. The van der Waals surface area contributed by atoms with Crippen LogP contribution < -0.4 is 14.8 Å². The fraction of sp³-hybridized carbons (Fsp3) is 0.588. The number of methoxy groups -OCH3 is 1. The van der Waals surface area contributed by atoms with E-state index in [1.54, 1.807) is 11.8 Å². The number of carbonyl (C=O) groups excluding carboxylic acids is 1. The quantitative estimate of drug-likeness (QED) is 0.544. The number of halogens is 2. The Morgan fingerprint density at radius 1 is 1.37 bits per heavy atom. The summed E-state index contributed by atoms with van der Waals surface area (Å²) in [6.07, 6.45) is -1.39. The summed E-state index contributed by atoms with van der Waals surface area (Å²) in [6, 6.07) is 2.22. The minimum atomic E-state index is -2.39. The van der Waals surface area contributed by atoms with Gasteiger partial charge in [0.2, 0.25) is 0 Å². The second-order valence-corrected chi connectivity index (χ2v) is 6.15. The highest BCUT2D eigenvalue weighted by molar-refractivity contribution is 5.99. The molecule has 1 amide bonds. The molecule has 1 saturated heterocycles. The maximum absolute atomic E-state index is 12.6. The molecule has 27 heavy (non-hydrogen) atoms. The van der Waals surface area contributed by atoms with E-state index in [1.165, 1.54) is 13.2 Å². The summed E-state index contributed by atoms with van der Waals surface area (Å²) in [6.45, 7) is 2.63. The van der Waals surface area contributed by atoms with Crippen LogP contribution in [0.5, 0.6) is 11.5 Å². The third-order valence-corrected chi connectivity index (χ3v) is 4.34. The van der Waals surface area contributed by atoms with Crippen LogP contribution in [0, 0.1) is 10.1 Å². The molecule has 10 heteroatoms. The number of alkyl halides is 2. The zero-order chi connectivity index (χ0) is 20.0. The molecule has 1 heterocycles. The fourth-order valence-corrected chi connectivity index (χ4v) is 3.03. The Kier molecular flexibility index (Phi) is 7.28. The molecule has 0 spiro atoms. The average molecular weight is 387 g/mol. The Morgan fingerprint density at radius 3 is 2.56 bits per heavy atom. The predicted octanol–water partition coefficient (Wildman–Crippen LogP) is 2.46. The van der Waals surface area contributed by atoms with Crippen molar-refractivity contribution >= 4 is 11.6 Å². The summed E-state index contributed by atoms with van der Waals surface area (Å²) in [4.78, 5) is 24.9. The highest BCUT2D eigenvalue weighted by atomic mass is 19.3. The van der Waals surface area contributed by atoms with Crippen LogP contribution >= 0.6 is 0 Å². The molecule has 0 atom stereocenters. The topological polar surface area (TPSA) is 93.9 Å². The summed E-state index contributed by atoms with van der Waals surface area (Å²) in [7, 11) is 1.36. The maximum Gasteiger partial charge on any atom is 0.286 e. The number of carbonyl (C=O) groups is 1. The summed E-state index contributed by atoms with van der Waals surface area (Å²) in [5.41, 5.74) is -0.512. The van der Waals surface area contributed by atoms with Gasteiger partial charge in [0, 0.05) is 25.2 Å². The van der Waals surface area contributed by atoms with Crippen molar-refractivity contribution < 1.29 is 28.0 Å². The van der Waals surface area contributed by atoms with Gasteiger partial charge in [0.1, 0.15) is 5.56 Å². The van der Waals surface area contributed by atoms with Crippen molar-refractivity contribution in [3.05, 3.63) is 27.8 Å². The Bertz CT molecular complexity index is 679. The van der Waals surface area contributed by atoms with Crippen LogP contribution in [0.2, 0.25) is 0 Å². The van der Waals surface area contributed by atoms with Crippen LogP contribution in [0.4, 0.5) is 14.5 Å². The number of ether oxygens (including phenoxy) is 2. The SMILES string of the molecule is CCOc1cc(C(=O)NC2CCN(CC(F)F)CC2)c([N+](=O)[O-])cc1OC. The number of piperidine rings is 1. The van der Waals surface area contributed by atoms with Crippen molar-refractivity contribution in [3.63, 3.8) is 0 Å². The molecule has 1 fully saturated rings. The first-order valence-corrected chi connectivity index (χ1v) is 8.66. The normalized spacial score (nSPS) is 15.6. The smallest absolute Gasteiger partial charge is 0.286 e. The number of nitrogens with one attached hydrogen (secondary N) is 1. The molecular weight excluding hydrogens is 364 g/mol. The molecular formula is C17H23F2N3O5. The molecule has 0 saturated carbocycles. The van der Waals surface area contributed by atoms with Crippen molar-refractivity contribution in [2.45, 2.75) is 32.2 Å². The molecule has 1 aromatic rings. The number of benzene rings is 1. The summed E-state index contributed by atoms with van der Waals surface area (Å²) < 4.78 is 35.3. The molecule has 1 aromatic carbocycles. The molecule has 8 nitrogen and oxygen atoms in total. The Morgan fingerprint density at radius 2 is 2.04 bits per heavy atom. The second-order valence-electron chi connectivity index (χ2n) is 6.15. The number of amides is 1. The third-order valence-electron chi connectivity index (χ3n) is 4.34. The van der Waals surface area contributed by atoms with E-state index < -0.39 is 17.3 Å². The van der Waals surface area contributed by atoms with Crippen molar-refractivity contribution in [2.24, 2.45) is 0 Å². The predicted molar refractivity (Wildman–Crippen MR) is 93.7 cm³/mol. The van der Waals surface area contributed by atoms with Gasteiger partial charge in [-0.15, -0.1) is 0 Å². The van der Waals surface area contributed by atoms with Crippen molar-refractivity contribution in [3.8, 4) is 11.5 Å². The van der Waals surface area contributed by atoms with E-state index in [0.717, 1.165) is 6.07 Å². The molecule has 0 aliphatic carbocycles. The first-order chi connectivity index (χ1) is 12.8. The van der Waals surface area contributed by atoms with Crippen LogP contribution in [-0.4, -0.2) is 61.5 Å². The van der Waals surface area contributed by atoms with Gasteiger partial charge < -0.3 is 14.8 Å². The van der Waals surface area contributed by atoms with Gasteiger partial charge in [-0.25, -0.2) is 8.78 Å². The molecule has 0 unspecified atom stereocenters. The molecule has 0 aromatic heterocycles. The highest BCUT2D eigenvalue weighted by Crippen LogP contribution is 2.34. The van der Waals surface area contributed by atoms with Crippen LogP contribution in [-0.2, 0) is 0 Å². The summed E-state index contributed by atoms with van der Waals surface area (Å²) >= 11 is 0. The maximum atomic E-state index is 12.6. The van der Waals surface area contributed by atoms with E-state index >= 15 is 0 Å². The van der Waals surface area contributed by atoms with Crippen molar-refractivity contribution in [2.75, 3.05) is 33.4 Å². The van der Waals surface area contributed by atoms with E-state index in [4.69, 9.17) is 9.47 Å². The van der Waals surface area contributed by atoms with E-state index in [2.05, 4.69) is 5.32 Å². The van der Waals surface area contributed by atoms with Gasteiger partial charge in [-0.2, -0.15) is 0 Å². The zero-order valence-electron chi connectivity index (χ0n) is 15.2. The van der Waals surface area contributed by atoms with Gasteiger partial charge in [-0.1, -0.05) is 0 Å². The number of nitro groups is 1. The molecule has 2 rings (SSSR count). The van der Waals surface area contributed by atoms with Gasteiger partial charge >= 0.3 is 0 Å². The summed E-state index contributed by atoms with van der Waals surface area (Å²) in [5.74, 6) is -0.194. The van der Waals surface area contributed by atoms with Crippen molar-refractivity contribution in [1.29, 1.82) is 0 Å². The van der Waals surface area contributed by atoms with E-state index in [1.807, 2.05) is 0 Å². The minimum absolute atomic E-state index is 0.126. The Labute approximate surface area is 155 Å². The third kappa shape index (κ3) is 5.49. The lowest BCUT2D eigenvalue weighted by Gasteiger charge is -2.32. The number of hydrogen-bond donors (Lipinski definition) is 1. The molecule has 0 bridgehead atoms. The molecule has 1 aliphatic heterocycles. The van der Waals surface area contributed by atoms with Crippen LogP contribution in [0.1, 0.15) is 30.1 Å². The monoisotopic (exact) mass is 387 g/mol. The lowest BCUT2D eigenvalue weighted by atomic mass is 10.0. The lowest BCUT2D eigenvalue weighted by molar-refractivity contribution is -0.385. The number of nitro benzene ring substituents is 1. The highest BCUT2D eigenvalue weighted by Gasteiger charge is 2.28. The zero-order valence-corrected chi connectivity index (χ0v) is 15.2. The number of likely N-dealkylation sites (tertiary alicyclic amines) is 1. The van der Waals surface area contributed by atoms with Gasteiger partial charge in [-0.3, -0.25) is 19.8 Å². The van der Waals surface area contributed by atoms with Crippen LogP contribution in [0.3, 0.4) is 0 Å². The van der Waals surface area contributed by atoms with E-state index in [0.29, 0.717) is 32.5 Å². The molecule has 1 N–H and O–H groups in total. The Balaban J connectivity index is 2.13. The van der Waals surface area contributed by atoms with Gasteiger partial charge in [-0.05, 0) is 19.8 Å². The Hall–Kier alpha value is -2.49. The van der Waals surface area contributed by atoms with Gasteiger partial charge in [0.15, 0.2) is 11.5 Å².